The van der Waals surface area contributed by atoms with Gasteiger partial charge in [-0.15, -0.1) is 0 Å². The van der Waals surface area contributed by atoms with Crippen LogP contribution in [0.25, 0.3) is 0 Å². The summed E-state index contributed by atoms with van der Waals surface area (Å²) in [5, 5.41) is 0. The Labute approximate surface area is 215 Å². The highest BCUT2D eigenvalue weighted by Gasteiger charge is 2.44. The number of fused-ring (bicyclic) bond motifs is 1. The average molecular weight is 490 g/mol. The molecule has 2 aliphatic rings. The maximum atomic E-state index is 13.7. The number of carbonyl (C=O) groups excluding carboxylic acids is 2. The van der Waals surface area contributed by atoms with Crippen LogP contribution in [0.5, 0.6) is 0 Å². The first-order valence-corrected chi connectivity index (χ1v) is 13.4. The molecule has 5 nitrogen and oxygen atoms in total. The standard InChI is InChI=1S/C31H39NO4/c1-22-20-28-26(17-11-18-32-28)27(21-25(33)16-9-10-19-35-2)30(22)36-31(24-14-7-4-8-15-24)29(34)23-12-5-3-6-13-23/h3-8,12-15,22,26-27,30-31H,9-11,16-21H2,1-2H3. The van der Waals surface area contributed by atoms with Crippen molar-refractivity contribution < 1.29 is 19.1 Å². The Balaban J connectivity index is 1.60. The first-order valence-electron chi connectivity index (χ1n) is 13.4. The molecule has 5 heteroatoms. The molecule has 0 aromatic heterocycles. The van der Waals surface area contributed by atoms with Gasteiger partial charge in [0.25, 0.3) is 0 Å². The van der Waals surface area contributed by atoms with E-state index in [0.717, 1.165) is 44.2 Å². The largest absolute Gasteiger partial charge is 0.385 e. The Bertz CT molecular complexity index is 1020. The van der Waals surface area contributed by atoms with Crippen LogP contribution in [0, 0.1) is 17.8 Å². The minimum Gasteiger partial charge on any atom is -0.385 e. The molecule has 2 aromatic rings. The molecule has 1 fully saturated rings. The summed E-state index contributed by atoms with van der Waals surface area (Å²) >= 11 is 0. The SMILES string of the molecule is COCCCCC(=O)CC1C2CCCN=C2CC(C)C1OC(C(=O)c1ccccc1)c1ccccc1. The topological polar surface area (TPSA) is 65.0 Å². The van der Waals surface area contributed by atoms with Crippen LogP contribution in [0.1, 0.15) is 73.9 Å². The lowest BCUT2D eigenvalue weighted by molar-refractivity contribution is -0.125. The molecule has 0 radical (unpaired) electrons. The molecule has 1 aliphatic heterocycles. The van der Waals surface area contributed by atoms with Crippen molar-refractivity contribution in [2.45, 2.75) is 64.1 Å². The normalized spacial score (nSPS) is 24.4. The molecule has 1 saturated carbocycles. The van der Waals surface area contributed by atoms with Crippen molar-refractivity contribution in [3.8, 4) is 0 Å². The van der Waals surface area contributed by atoms with Gasteiger partial charge in [-0.05, 0) is 43.6 Å². The van der Waals surface area contributed by atoms with Gasteiger partial charge in [0.15, 0.2) is 5.78 Å². The summed E-state index contributed by atoms with van der Waals surface area (Å²) < 4.78 is 12.0. The lowest BCUT2D eigenvalue weighted by atomic mass is 9.66. The van der Waals surface area contributed by atoms with Gasteiger partial charge < -0.3 is 9.47 Å². The fraction of sp³-hybridized carbons (Fsp3) is 0.516. The van der Waals surface area contributed by atoms with E-state index in [2.05, 4.69) is 6.92 Å². The number of carbonyl (C=O) groups is 2. The Morgan fingerprint density at radius 2 is 1.75 bits per heavy atom. The van der Waals surface area contributed by atoms with Gasteiger partial charge in [-0.25, -0.2) is 0 Å². The third kappa shape index (κ3) is 6.57. The van der Waals surface area contributed by atoms with E-state index in [1.54, 1.807) is 7.11 Å². The zero-order valence-electron chi connectivity index (χ0n) is 21.6. The second-order valence-electron chi connectivity index (χ2n) is 10.3. The van der Waals surface area contributed by atoms with E-state index < -0.39 is 6.10 Å². The van der Waals surface area contributed by atoms with Gasteiger partial charge in [0.1, 0.15) is 11.9 Å². The fourth-order valence-corrected chi connectivity index (χ4v) is 5.85. The van der Waals surface area contributed by atoms with Crippen LogP contribution >= 0.6 is 0 Å². The number of nitrogens with zero attached hydrogens (tertiary/aromatic N) is 1. The molecule has 4 rings (SSSR count). The molecule has 0 saturated heterocycles. The number of aliphatic imine (C=N–C) groups is 1. The first kappa shape index (κ1) is 26.4. The average Bonchev–Trinajstić information content (AvgIpc) is 2.91. The van der Waals surface area contributed by atoms with Crippen molar-refractivity contribution in [3.63, 3.8) is 0 Å². The van der Waals surface area contributed by atoms with E-state index >= 15 is 0 Å². The lowest BCUT2D eigenvalue weighted by Gasteiger charge is -2.45. The Morgan fingerprint density at radius 1 is 1.03 bits per heavy atom. The van der Waals surface area contributed by atoms with Crippen molar-refractivity contribution in [2.24, 2.45) is 22.7 Å². The van der Waals surface area contributed by atoms with Gasteiger partial charge in [-0.2, -0.15) is 0 Å². The van der Waals surface area contributed by atoms with Crippen molar-refractivity contribution in [3.05, 3.63) is 71.8 Å². The minimum atomic E-state index is -0.706. The first-order chi connectivity index (χ1) is 17.6. The number of ether oxygens (including phenoxy) is 2. The number of hydrogen-bond acceptors (Lipinski definition) is 5. The fourth-order valence-electron chi connectivity index (χ4n) is 5.85. The van der Waals surface area contributed by atoms with Crippen LogP contribution in [0.15, 0.2) is 65.7 Å². The summed E-state index contributed by atoms with van der Waals surface area (Å²) in [5.41, 5.74) is 2.74. The predicted molar refractivity (Wildman–Crippen MR) is 142 cm³/mol. The van der Waals surface area contributed by atoms with Gasteiger partial charge in [0, 0.05) is 56.2 Å². The maximum Gasteiger partial charge on any atom is 0.196 e. The summed E-state index contributed by atoms with van der Waals surface area (Å²) in [7, 11) is 1.69. The van der Waals surface area contributed by atoms with Gasteiger partial charge in [0.05, 0.1) is 6.10 Å². The molecule has 0 amide bonds. The van der Waals surface area contributed by atoms with Crippen LogP contribution in [0.2, 0.25) is 0 Å². The number of unbranched alkanes of at least 4 members (excludes halogenated alkanes) is 1. The number of hydrogen-bond donors (Lipinski definition) is 0. The molecule has 2 aromatic carbocycles. The van der Waals surface area contributed by atoms with Crippen molar-refractivity contribution in [1.82, 2.24) is 0 Å². The zero-order chi connectivity index (χ0) is 25.3. The van der Waals surface area contributed by atoms with Crippen molar-refractivity contribution >= 4 is 17.3 Å². The Hall–Kier alpha value is -2.63. The highest BCUT2D eigenvalue weighted by atomic mass is 16.5. The van der Waals surface area contributed by atoms with Crippen LogP contribution in [0.4, 0.5) is 0 Å². The monoisotopic (exact) mass is 489 g/mol. The van der Waals surface area contributed by atoms with Crippen LogP contribution in [-0.4, -0.2) is 43.6 Å². The smallest absolute Gasteiger partial charge is 0.196 e. The summed E-state index contributed by atoms with van der Waals surface area (Å²) in [6.07, 6.45) is 4.82. The number of benzene rings is 2. The molecular formula is C31H39NO4. The Kier molecular flexibility index (Phi) is 9.60. The molecular weight excluding hydrogens is 450 g/mol. The van der Waals surface area contributed by atoms with E-state index in [-0.39, 0.29) is 35.4 Å². The Morgan fingerprint density at radius 3 is 2.47 bits per heavy atom. The number of ketones is 2. The molecule has 0 bridgehead atoms. The van der Waals surface area contributed by atoms with Crippen molar-refractivity contribution in [2.75, 3.05) is 20.3 Å². The quantitative estimate of drug-likeness (QED) is 0.260. The zero-order valence-corrected chi connectivity index (χ0v) is 21.6. The summed E-state index contributed by atoms with van der Waals surface area (Å²) in [6.45, 7) is 3.74. The van der Waals surface area contributed by atoms with Crippen LogP contribution in [0.3, 0.4) is 0 Å². The van der Waals surface area contributed by atoms with Crippen LogP contribution in [-0.2, 0) is 14.3 Å². The second-order valence-corrected chi connectivity index (χ2v) is 10.3. The van der Waals surface area contributed by atoms with E-state index in [1.165, 1.54) is 5.71 Å². The summed E-state index contributed by atoms with van der Waals surface area (Å²) in [4.78, 5) is 31.7. The molecule has 36 heavy (non-hydrogen) atoms. The van der Waals surface area contributed by atoms with E-state index in [1.807, 2.05) is 60.7 Å². The third-order valence-electron chi connectivity index (χ3n) is 7.66. The highest BCUT2D eigenvalue weighted by Crippen LogP contribution is 2.43. The summed E-state index contributed by atoms with van der Waals surface area (Å²) in [5.74, 6) is 0.707. The number of Topliss-reactive ketones (excluding diaryl/α,β-unsaturated/α-hetero) is 2. The van der Waals surface area contributed by atoms with E-state index in [0.29, 0.717) is 25.0 Å². The molecule has 1 aliphatic carbocycles. The molecule has 5 unspecified atom stereocenters. The predicted octanol–water partition coefficient (Wildman–Crippen LogP) is 6.28. The minimum absolute atomic E-state index is 0.0394. The van der Waals surface area contributed by atoms with E-state index in [4.69, 9.17) is 14.5 Å². The van der Waals surface area contributed by atoms with Gasteiger partial charge in [0.2, 0.25) is 0 Å². The molecule has 1 heterocycles. The van der Waals surface area contributed by atoms with Crippen LogP contribution < -0.4 is 0 Å². The number of rotatable bonds is 12. The summed E-state index contributed by atoms with van der Waals surface area (Å²) in [6, 6.07) is 19.1. The molecule has 5 atom stereocenters. The van der Waals surface area contributed by atoms with Gasteiger partial charge >= 0.3 is 0 Å². The van der Waals surface area contributed by atoms with Crippen molar-refractivity contribution in [1.29, 1.82) is 0 Å². The molecule has 0 N–H and O–H groups in total. The lowest BCUT2D eigenvalue weighted by Crippen LogP contribution is -2.47. The van der Waals surface area contributed by atoms with Gasteiger partial charge in [-0.1, -0.05) is 67.6 Å². The molecule has 192 valence electrons. The highest BCUT2D eigenvalue weighted by molar-refractivity contribution is 6.00. The van der Waals surface area contributed by atoms with E-state index in [9.17, 15) is 9.59 Å². The second kappa shape index (κ2) is 13.1. The maximum absolute atomic E-state index is 13.7. The number of methoxy groups -OCH3 is 1. The third-order valence-corrected chi connectivity index (χ3v) is 7.66. The van der Waals surface area contributed by atoms with Gasteiger partial charge in [-0.3, -0.25) is 14.6 Å². The molecule has 0 spiro atoms.